The Kier molecular flexibility index (Phi) is 8.34. The third-order valence-corrected chi connectivity index (χ3v) is 4.66. The van der Waals surface area contributed by atoms with E-state index in [4.69, 9.17) is 42.1 Å². The number of nitro groups is 1. The van der Waals surface area contributed by atoms with Gasteiger partial charge in [-0.2, -0.15) is 0 Å². The van der Waals surface area contributed by atoms with E-state index in [2.05, 4.69) is 0 Å². The molecule has 0 amide bonds. The van der Waals surface area contributed by atoms with Gasteiger partial charge in [0.05, 0.1) is 16.6 Å². The number of para-hydroxylation sites is 2. The van der Waals surface area contributed by atoms with E-state index in [9.17, 15) is 14.9 Å². The summed E-state index contributed by atoms with van der Waals surface area (Å²) < 4.78 is 22.0. The summed E-state index contributed by atoms with van der Waals surface area (Å²) in [5.41, 5.74) is -0.290. The number of nitrogens with zero attached hydrogens (tertiary/aromatic N) is 1. The first-order chi connectivity index (χ1) is 15.9. The lowest BCUT2D eigenvalue weighted by atomic mass is 10.2. The quantitative estimate of drug-likeness (QED) is 0.174. The summed E-state index contributed by atoms with van der Waals surface area (Å²) in [5, 5.41) is 12.2. The van der Waals surface area contributed by atoms with Gasteiger partial charge < -0.3 is 18.9 Å². The predicted molar refractivity (Wildman–Crippen MR) is 123 cm³/mol. The highest BCUT2D eigenvalue weighted by molar-refractivity contribution is 6.35. The van der Waals surface area contributed by atoms with Gasteiger partial charge in [0.2, 0.25) is 5.75 Å². The van der Waals surface area contributed by atoms with E-state index in [0.717, 1.165) is 0 Å². The second kappa shape index (κ2) is 11.4. The molecule has 0 saturated heterocycles. The number of halogens is 2. The van der Waals surface area contributed by atoms with Crippen molar-refractivity contribution in [3.8, 4) is 28.7 Å². The smallest absolute Gasteiger partial charge is 0.344 e. The summed E-state index contributed by atoms with van der Waals surface area (Å²) in [6.07, 6.45) is 0.689. The highest BCUT2D eigenvalue weighted by Gasteiger charge is 2.20. The van der Waals surface area contributed by atoms with Crippen LogP contribution in [0.25, 0.3) is 0 Å². The van der Waals surface area contributed by atoms with Crippen LogP contribution in [0.15, 0.2) is 60.7 Å². The van der Waals surface area contributed by atoms with E-state index in [1.165, 1.54) is 24.3 Å². The third-order valence-electron chi connectivity index (χ3n) is 4.13. The van der Waals surface area contributed by atoms with Crippen molar-refractivity contribution in [2.24, 2.45) is 0 Å². The van der Waals surface area contributed by atoms with E-state index < -0.39 is 10.9 Å². The van der Waals surface area contributed by atoms with Gasteiger partial charge in [-0.1, -0.05) is 42.3 Å². The topological polar surface area (TPSA) is 97.1 Å². The van der Waals surface area contributed by atoms with Crippen LogP contribution in [-0.4, -0.2) is 24.1 Å². The molecule has 8 nitrogen and oxygen atoms in total. The Balaban J connectivity index is 1.84. The average Bonchev–Trinajstić information content (AvgIpc) is 2.79. The zero-order valence-electron chi connectivity index (χ0n) is 17.5. The number of rotatable bonds is 10. The van der Waals surface area contributed by atoms with Gasteiger partial charge in [-0.25, -0.2) is 4.79 Å². The number of carbonyl (C=O) groups excluding carboxylic acids is 1. The fourth-order valence-electron chi connectivity index (χ4n) is 2.64. The molecule has 0 fully saturated rings. The van der Waals surface area contributed by atoms with Crippen molar-refractivity contribution in [3.05, 3.63) is 80.8 Å². The minimum atomic E-state index is -0.583. The van der Waals surface area contributed by atoms with Gasteiger partial charge in [-0.15, -0.1) is 0 Å². The molecule has 3 rings (SSSR count). The summed E-state index contributed by atoms with van der Waals surface area (Å²) in [6, 6.07) is 15.2. The van der Waals surface area contributed by atoms with Crippen molar-refractivity contribution in [2.75, 3.05) is 13.2 Å². The second-order valence-corrected chi connectivity index (χ2v) is 7.47. The number of carbonyl (C=O) groups is 1. The summed E-state index contributed by atoms with van der Waals surface area (Å²) in [5.74, 6) is 0.328. The second-order valence-electron chi connectivity index (χ2n) is 6.62. The molecule has 3 aromatic rings. The van der Waals surface area contributed by atoms with Crippen LogP contribution in [0.5, 0.6) is 28.7 Å². The first-order valence-electron chi connectivity index (χ1n) is 9.84. The largest absolute Gasteiger partial charge is 0.478 e. The maximum atomic E-state index is 11.7. The molecule has 33 heavy (non-hydrogen) atoms. The normalized spacial score (nSPS) is 10.4. The summed E-state index contributed by atoms with van der Waals surface area (Å²) in [6.45, 7) is 1.83. The molecule has 0 heterocycles. The van der Waals surface area contributed by atoms with Crippen molar-refractivity contribution >= 4 is 34.9 Å². The van der Waals surface area contributed by atoms with E-state index in [1.807, 2.05) is 6.92 Å². The molecule has 0 atom stereocenters. The van der Waals surface area contributed by atoms with E-state index in [1.54, 1.807) is 36.4 Å². The van der Waals surface area contributed by atoms with Crippen LogP contribution in [0, 0.1) is 10.1 Å². The number of esters is 1. The molecule has 3 aromatic carbocycles. The van der Waals surface area contributed by atoms with Gasteiger partial charge in [0.25, 0.3) is 0 Å². The minimum Gasteiger partial charge on any atom is -0.478 e. The molecule has 10 heteroatoms. The molecule has 0 aliphatic carbocycles. The number of benzene rings is 3. The van der Waals surface area contributed by atoms with Crippen molar-refractivity contribution in [1.82, 2.24) is 0 Å². The van der Waals surface area contributed by atoms with E-state index in [0.29, 0.717) is 17.2 Å². The third kappa shape index (κ3) is 6.74. The van der Waals surface area contributed by atoms with Crippen molar-refractivity contribution in [3.63, 3.8) is 0 Å². The molecule has 0 aromatic heterocycles. The van der Waals surface area contributed by atoms with Crippen LogP contribution in [0.2, 0.25) is 10.0 Å². The summed E-state index contributed by atoms with van der Waals surface area (Å²) in [4.78, 5) is 22.7. The lowest BCUT2D eigenvalue weighted by Gasteiger charge is -2.13. The molecule has 0 aliphatic heterocycles. The van der Waals surface area contributed by atoms with Gasteiger partial charge >= 0.3 is 11.7 Å². The molecule has 0 saturated carbocycles. The highest BCUT2D eigenvalue weighted by atomic mass is 35.5. The molecular weight excluding hydrogens is 473 g/mol. The standard InChI is InChI=1S/C23H19Cl2NO7/c1-2-11-30-23(27)14-31-20-5-3-4-6-21(20)33-22-13-16(8-9-18(22)26(28)29)32-19-10-7-15(24)12-17(19)25/h3-10,12-13H,2,11,14H2,1H3. The Labute approximate surface area is 199 Å². The first-order valence-corrected chi connectivity index (χ1v) is 10.6. The fourth-order valence-corrected chi connectivity index (χ4v) is 3.09. The zero-order chi connectivity index (χ0) is 23.8. The number of hydrogen-bond donors (Lipinski definition) is 0. The molecule has 0 N–H and O–H groups in total. The van der Waals surface area contributed by atoms with Crippen LogP contribution in [0.4, 0.5) is 5.69 Å². The maximum absolute atomic E-state index is 11.7. The van der Waals surface area contributed by atoms with Crippen LogP contribution in [0.3, 0.4) is 0 Å². The van der Waals surface area contributed by atoms with Gasteiger partial charge in [0.15, 0.2) is 18.1 Å². The number of ether oxygens (including phenoxy) is 4. The molecule has 0 spiro atoms. The molecule has 0 unspecified atom stereocenters. The van der Waals surface area contributed by atoms with Crippen LogP contribution < -0.4 is 14.2 Å². The van der Waals surface area contributed by atoms with E-state index >= 15 is 0 Å². The lowest BCUT2D eigenvalue weighted by molar-refractivity contribution is -0.385. The SMILES string of the molecule is CCCOC(=O)COc1ccccc1Oc1cc(Oc2ccc(Cl)cc2Cl)ccc1[N+](=O)[O-]. The Morgan fingerprint density at radius 2 is 1.70 bits per heavy atom. The van der Waals surface area contributed by atoms with Crippen molar-refractivity contribution < 1.29 is 28.7 Å². The van der Waals surface area contributed by atoms with Gasteiger partial charge in [-0.3, -0.25) is 10.1 Å². The molecule has 172 valence electrons. The Bertz CT molecular complexity index is 1150. The van der Waals surface area contributed by atoms with Gasteiger partial charge in [0.1, 0.15) is 11.5 Å². The number of hydrogen-bond acceptors (Lipinski definition) is 7. The zero-order valence-corrected chi connectivity index (χ0v) is 19.0. The predicted octanol–water partition coefficient (Wildman–Crippen LogP) is 6.82. The number of nitro benzene ring substituents is 1. The molecular formula is C23H19Cl2NO7. The molecule has 0 radical (unpaired) electrons. The Hall–Kier alpha value is -3.49. The van der Waals surface area contributed by atoms with Crippen LogP contribution in [-0.2, 0) is 9.53 Å². The maximum Gasteiger partial charge on any atom is 0.344 e. The fraction of sp³-hybridized carbons (Fsp3) is 0.174. The lowest BCUT2D eigenvalue weighted by Crippen LogP contribution is -2.15. The van der Waals surface area contributed by atoms with E-state index in [-0.39, 0.29) is 46.9 Å². The Morgan fingerprint density at radius 3 is 2.39 bits per heavy atom. The first kappa shape index (κ1) is 24.2. The summed E-state index contributed by atoms with van der Waals surface area (Å²) in [7, 11) is 0. The van der Waals surface area contributed by atoms with Crippen LogP contribution >= 0.6 is 23.2 Å². The monoisotopic (exact) mass is 491 g/mol. The summed E-state index contributed by atoms with van der Waals surface area (Å²) >= 11 is 12.0. The Morgan fingerprint density at radius 1 is 0.939 bits per heavy atom. The van der Waals surface area contributed by atoms with Crippen molar-refractivity contribution in [1.29, 1.82) is 0 Å². The minimum absolute atomic E-state index is 0.0906. The van der Waals surface area contributed by atoms with Gasteiger partial charge in [-0.05, 0) is 42.8 Å². The molecule has 0 bridgehead atoms. The molecule has 0 aliphatic rings. The van der Waals surface area contributed by atoms with Crippen LogP contribution in [0.1, 0.15) is 13.3 Å². The van der Waals surface area contributed by atoms with Gasteiger partial charge in [0, 0.05) is 17.2 Å². The average molecular weight is 492 g/mol. The van der Waals surface area contributed by atoms with Crippen molar-refractivity contribution in [2.45, 2.75) is 13.3 Å². The highest BCUT2D eigenvalue weighted by Crippen LogP contribution is 2.40.